The van der Waals surface area contributed by atoms with Crippen LogP contribution in [-0.4, -0.2) is 31.9 Å². The van der Waals surface area contributed by atoms with E-state index in [0.717, 1.165) is 22.7 Å². The smallest absolute Gasteiger partial charge is 0.272 e. The summed E-state index contributed by atoms with van der Waals surface area (Å²) in [6.07, 6.45) is 1.59. The Labute approximate surface area is 194 Å². The van der Waals surface area contributed by atoms with Gasteiger partial charge in [-0.25, -0.2) is 0 Å². The third-order valence-corrected chi connectivity index (χ3v) is 6.45. The first-order chi connectivity index (χ1) is 16.0. The zero-order chi connectivity index (χ0) is 22.9. The lowest BCUT2D eigenvalue weighted by Crippen LogP contribution is -2.25. The molecule has 0 unspecified atom stereocenters. The number of aryl methyl sites for hydroxylation is 1. The SMILES string of the molecule is CC(C)Cn1c(=O)c2sccc2n2c(CCCC(=O)NCc3ccc4c(c3)OCO4)nnc12. The molecule has 0 saturated carbocycles. The molecule has 4 aromatic rings. The van der Waals surface area contributed by atoms with Crippen LogP contribution in [0.4, 0.5) is 0 Å². The Morgan fingerprint density at radius 2 is 2.06 bits per heavy atom. The number of ether oxygens (including phenoxy) is 2. The van der Waals surface area contributed by atoms with Gasteiger partial charge in [0.1, 0.15) is 10.5 Å². The summed E-state index contributed by atoms with van der Waals surface area (Å²) in [5.74, 6) is 3.02. The van der Waals surface area contributed by atoms with E-state index in [0.29, 0.717) is 54.5 Å². The Bertz CT molecular complexity index is 1390. The zero-order valence-corrected chi connectivity index (χ0v) is 19.4. The highest BCUT2D eigenvalue weighted by Crippen LogP contribution is 2.32. The first-order valence-corrected chi connectivity index (χ1v) is 11.9. The molecule has 0 aliphatic carbocycles. The molecule has 5 rings (SSSR count). The number of benzene rings is 1. The van der Waals surface area contributed by atoms with Gasteiger partial charge in [-0.1, -0.05) is 19.9 Å². The normalized spacial score (nSPS) is 12.8. The first kappa shape index (κ1) is 21.4. The fourth-order valence-electron chi connectivity index (χ4n) is 4.02. The van der Waals surface area contributed by atoms with E-state index in [1.165, 1.54) is 11.3 Å². The second-order valence-corrected chi connectivity index (χ2v) is 9.43. The zero-order valence-electron chi connectivity index (χ0n) is 18.5. The van der Waals surface area contributed by atoms with Gasteiger partial charge in [-0.3, -0.25) is 18.6 Å². The maximum absolute atomic E-state index is 12.9. The summed E-state index contributed by atoms with van der Waals surface area (Å²) in [5.41, 5.74) is 1.76. The molecule has 4 heterocycles. The third-order valence-electron chi connectivity index (χ3n) is 5.56. The summed E-state index contributed by atoms with van der Waals surface area (Å²) in [5, 5.41) is 13.5. The van der Waals surface area contributed by atoms with Gasteiger partial charge >= 0.3 is 0 Å². The van der Waals surface area contributed by atoms with Crippen molar-refractivity contribution in [2.24, 2.45) is 5.92 Å². The molecule has 1 aliphatic rings. The molecule has 0 spiro atoms. The van der Waals surface area contributed by atoms with Crippen molar-refractivity contribution in [3.05, 3.63) is 51.4 Å². The van der Waals surface area contributed by atoms with E-state index in [2.05, 4.69) is 29.4 Å². The van der Waals surface area contributed by atoms with Gasteiger partial charge < -0.3 is 14.8 Å². The molecule has 3 aromatic heterocycles. The van der Waals surface area contributed by atoms with Crippen molar-refractivity contribution in [2.45, 2.75) is 46.2 Å². The predicted molar refractivity (Wildman–Crippen MR) is 125 cm³/mol. The van der Waals surface area contributed by atoms with Crippen LogP contribution >= 0.6 is 11.3 Å². The molecule has 10 heteroatoms. The van der Waals surface area contributed by atoms with Crippen molar-refractivity contribution in [1.29, 1.82) is 0 Å². The van der Waals surface area contributed by atoms with Crippen LogP contribution in [0.25, 0.3) is 16.0 Å². The fraction of sp³-hybridized carbons (Fsp3) is 0.391. The Morgan fingerprint density at radius 1 is 1.21 bits per heavy atom. The highest BCUT2D eigenvalue weighted by Gasteiger charge is 2.18. The van der Waals surface area contributed by atoms with Crippen LogP contribution in [0.1, 0.15) is 38.1 Å². The Hall–Kier alpha value is -3.40. The maximum Gasteiger partial charge on any atom is 0.272 e. The lowest BCUT2D eigenvalue weighted by Gasteiger charge is -2.11. The molecule has 1 amide bonds. The molecular weight excluding hydrogens is 442 g/mol. The minimum absolute atomic E-state index is 0.0250. The highest BCUT2D eigenvalue weighted by atomic mass is 32.1. The summed E-state index contributed by atoms with van der Waals surface area (Å²) >= 11 is 1.43. The number of thiophene rings is 1. The van der Waals surface area contributed by atoms with Crippen LogP contribution in [-0.2, 0) is 24.3 Å². The summed E-state index contributed by atoms with van der Waals surface area (Å²) in [6, 6.07) is 7.58. The highest BCUT2D eigenvalue weighted by molar-refractivity contribution is 7.17. The van der Waals surface area contributed by atoms with Gasteiger partial charge in [0.15, 0.2) is 11.5 Å². The standard InChI is InChI=1S/C23H25N5O4S/c1-14(2)12-27-22(30)21-16(8-9-33-21)28-19(25-26-23(27)28)4-3-5-20(29)24-11-15-6-7-17-18(10-15)32-13-31-17/h6-10,14H,3-5,11-13H2,1-2H3,(H,24,29). The van der Waals surface area contributed by atoms with Crippen LogP contribution in [0.15, 0.2) is 34.4 Å². The molecule has 0 bridgehead atoms. The largest absolute Gasteiger partial charge is 0.454 e. The van der Waals surface area contributed by atoms with Gasteiger partial charge in [0.05, 0.1) is 5.52 Å². The van der Waals surface area contributed by atoms with Gasteiger partial charge in [-0.15, -0.1) is 21.5 Å². The average Bonchev–Trinajstić information content (AvgIpc) is 3.53. The lowest BCUT2D eigenvalue weighted by molar-refractivity contribution is -0.121. The average molecular weight is 468 g/mol. The van der Waals surface area contributed by atoms with Gasteiger partial charge in [0.2, 0.25) is 18.5 Å². The molecule has 0 fully saturated rings. The minimum atomic E-state index is -0.0288. The third kappa shape index (κ3) is 4.18. The van der Waals surface area contributed by atoms with E-state index in [9.17, 15) is 9.59 Å². The van der Waals surface area contributed by atoms with E-state index in [-0.39, 0.29) is 18.3 Å². The number of fused-ring (bicyclic) bond motifs is 4. The first-order valence-electron chi connectivity index (χ1n) is 11.0. The summed E-state index contributed by atoms with van der Waals surface area (Å²) in [7, 11) is 0. The number of hydrogen-bond acceptors (Lipinski definition) is 7. The summed E-state index contributed by atoms with van der Waals surface area (Å²) < 4.78 is 15.1. The number of amides is 1. The Morgan fingerprint density at radius 3 is 2.91 bits per heavy atom. The molecule has 172 valence electrons. The van der Waals surface area contributed by atoms with Crippen LogP contribution < -0.4 is 20.3 Å². The fourth-order valence-corrected chi connectivity index (χ4v) is 4.84. The lowest BCUT2D eigenvalue weighted by atomic mass is 10.2. The Balaban J connectivity index is 1.26. The topological polar surface area (TPSA) is 99.8 Å². The Kier molecular flexibility index (Phi) is 5.76. The van der Waals surface area contributed by atoms with E-state index in [1.807, 2.05) is 34.0 Å². The van der Waals surface area contributed by atoms with Crippen LogP contribution in [0.3, 0.4) is 0 Å². The van der Waals surface area contributed by atoms with Crippen molar-refractivity contribution >= 4 is 33.2 Å². The number of rotatable bonds is 8. The van der Waals surface area contributed by atoms with Crippen LogP contribution in [0.2, 0.25) is 0 Å². The number of nitrogens with one attached hydrogen (secondary N) is 1. The van der Waals surface area contributed by atoms with E-state index >= 15 is 0 Å². The van der Waals surface area contributed by atoms with Gasteiger partial charge in [-0.05, 0) is 41.5 Å². The monoisotopic (exact) mass is 467 g/mol. The molecule has 1 aromatic carbocycles. The van der Waals surface area contributed by atoms with Gasteiger partial charge in [0, 0.05) is 25.9 Å². The van der Waals surface area contributed by atoms with Crippen molar-refractivity contribution in [3.63, 3.8) is 0 Å². The van der Waals surface area contributed by atoms with Crippen LogP contribution in [0, 0.1) is 5.92 Å². The number of carbonyl (C=O) groups is 1. The molecule has 0 saturated heterocycles. The van der Waals surface area contributed by atoms with Crippen LogP contribution in [0.5, 0.6) is 11.5 Å². The molecule has 0 radical (unpaired) electrons. The predicted octanol–water partition coefficient (Wildman–Crippen LogP) is 3.13. The molecule has 33 heavy (non-hydrogen) atoms. The number of aromatic nitrogens is 4. The van der Waals surface area contributed by atoms with Gasteiger partial charge in [-0.2, -0.15) is 0 Å². The molecule has 9 nitrogen and oxygen atoms in total. The molecule has 1 aliphatic heterocycles. The number of carbonyl (C=O) groups excluding carboxylic acids is 1. The van der Waals surface area contributed by atoms with E-state index in [1.54, 1.807) is 4.57 Å². The second-order valence-electron chi connectivity index (χ2n) is 8.51. The van der Waals surface area contributed by atoms with Crippen molar-refractivity contribution < 1.29 is 14.3 Å². The second kappa shape index (κ2) is 8.86. The maximum atomic E-state index is 12.9. The number of nitrogens with zero attached hydrogens (tertiary/aromatic N) is 4. The molecule has 1 N–H and O–H groups in total. The molecule has 0 atom stereocenters. The van der Waals surface area contributed by atoms with E-state index < -0.39 is 0 Å². The quantitative estimate of drug-likeness (QED) is 0.427. The van der Waals surface area contributed by atoms with Gasteiger partial charge in [0.25, 0.3) is 5.56 Å². The number of hydrogen-bond donors (Lipinski definition) is 1. The summed E-state index contributed by atoms with van der Waals surface area (Å²) in [4.78, 5) is 25.3. The van der Waals surface area contributed by atoms with Crippen molar-refractivity contribution in [1.82, 2.24) is 24.5 Å². The minimum Gasteiger partial charge on any atom is -0.454 e. The molecular formula is C23H25N5O4S. The summed E-state index contributed by atoms with van der Waals surface area (Å²) in [6.45, 7) is 5.38. The van der Waals surface area contributed by atoms with Crippen molar-refractivity contribution in [2.75, 3.05) is 6.79 Å². The van der Waals surface area contributed by atoms with Crippen molar-refractivity contribution in [3.8, 4) is 11.5 Å². The van der Waals surface area contributed by atoms with E-state index in [4.69, 9.17) is 9.47 Å².